The Morgan fingerprint density at radius 2 is 1.40 bits per heavy atom. The molecular formula is C21H26O4. The zero-order valence-electron chi connectivity index (χ0n) is 14.7. The van der Waals surface area contributed by atoms with Crippen LogP contribution < -0.4 is 0 Å². The van der Waals surface area contributed by atoms with Crippen LogP contribution in [0.25, 0.3) is 0 Å². The minimum Gasteiger partial charge on any atom is -0.508 e. The number of benzene rings is 2. The number of rotatable bonds is 9. The molecule has 0 aliphatic carbocycles. The molecule has 0 atom stereocenters. The Morgan fingerprint density at radius 1 is 0.800 bits per heavy atom. The zero-order chi connectivity index (χ0) is 18.2. The van der Waals surface area contributed by atoms with Gasteiger partial charge in [-0.1, -0.05) is 45.1 Å². The van der Waals surface area contributed by atoms with Crippen LogP contribution in [-0.4, -0.2) is 21.1 Å². The Hall–Kier alpha value is -2.49. The van der Waals surface area contributed by atoms with E-state index in [1.807, 2.05) is 6.07 Å². The van der Waals surface area contributed by atoms with Gasteiger partial charge in [0.2, 0.25) is 0 Å². The second-order valence-electron chi connectivity index (χ2n) is 6.40. The number of aromatic hydroxyl groups is 3. The first-order valence-corrected chi connectivity index (χ1v) is 8.91. The lowest BCUT2D eigenvalue weighted by Crippen LogP contribution is -2.02. The molecule has 0 unspecified atom stereocenters. The SMILES string of the molecule is CCCCCCCCc1ccc(C(=O)c2ccc(O)cc2O)c(O)c1. The minimum absolute atomic E-state index is 0.0526. The predicted octanol–water partition coefficient (Wildman–Crippen LogP) is 4.94. The molecule has 0 heterocycles. The molecule has 0 spiro atoms. The minimum atomic E-state index is -0.471. The maximum Gasteiger partial charge on any atom is 0.200 e. The molecular weight excluding hydrogens is 316 g/mol. The fraction of sp³-hybridized carbons (Fsp3) is 0.381. The maximum absolute atomic E-state index is 12.5. The third-order valence-electron chi connectivity index (χ3n) is 4.35. The highest BCUT2D eigenvalue weighted by Crippen LogP contribution is 2.29. The number of aryl methyl sites for hydroxylation is 1. The summed E-state index contributed by atoms with van der Waals surface area (Å²) >= 11 is 0. The van der Waals surface area contributed by atoms with Crippen molar-refractivity contribution in [1.29, 1.82) is 0 Å². The molecule has 2 rings (SSSR count). The van der Waals surface area contributed by atoms with E-state index in [2.05, 4.69) is 6.92 Å². The van der Waals surface area contributed by atoms with Crippen molar-refractivity contribution in [2.24, 2.45) is 0 Å². The summed E-state index contributed by atoms with van der Waals surface area (Å²) in [6.45, 7) is 2.20. The Bertz CT molecular complexity index is 722. The van der Waals surface area contributed by atoms with E-state index in [1.54, 1.807) is 12.1 Å². The van der Waals surface area contributed by atoms with Crippen molar-refractivity contribution in [1.82, 2.24) is 0 Å². The molecule has 134 valence electrons. The topological polar surface area (TPSA) is 77.8 Å². The number of unbranched alkanes of at least 4 members (excludes halogenated alkanes) is 5. The normalized spacial score (nSPS) is 10.8. The quantitative estimate of drug-likeness (QED) is 0.446. The van der Waals surface area contributed by atoms with Crippen molar-refractivity contribution < 1.29 is 20.1 Å². The van der Waals surface area contributed by atoms with Crippen LogP contribution in [0, 0.1) is 0 Å². The number of phenols is 3. The molecule has 0 fully saturated rings. The van der Waals surface area contributed by atoms with Crippen LogP contribution in [-0.2, 0) is 6.42 Å². The van der Waals surface area contributed by atoms with Gasteiger partial charge in [0.25, 0.3) is 0 Å². The molecule has 4 heteroatoms. The lowest BCUT2D eigenvalue weighted by Gasteiger charge is -2.08. The van der Waals surface area contributed by atoms with Gasteiger partial charge in [0.05, 0.1) is 11.1 Å². The van der Waals surface area contributed by atoms with E-state index in [0.717, 1.165) is 24.5 Å². The fourth-order valence-corrected chi connectivity index (χ4v) is 2.89. The van der Waals surface area contributed by atoms with Crippen molar-refractivity contribution in [3.63, 3.8) is 0 Å². The number of hydrogen-bond donors (Lipinski definition) is 3. The van der Waals surface area contributed by atoms with E-state index in [9.17, 15) is 20.1 Å². The molecule has 0 amide bonds. The zero-order valence-corrected chi connectivity index (χ0v) is 14.7. The maximum atomic E-state index is 12.5. The molecule has 0 saturated carbocycles. The van der Waals surface area contributed by atoms with Crippen LogP contribution >= 0.6 is 0 Å². The summed E-state index contributed by atoms with van der Waals surface area (Å²) in [4.78, 5) is 12.5. The second-order valence-corrected chi connectivity index (χ2v) is 6.40. The first-order chi connectivity index (χ1) is 12.0. The standard InChI is InChI=1S/C21H26O4/c1-2-3-4-5-6-7-8-15-9-11-17(19(23)13-15)21(25)18-12-10-16(22)14-20(18)24/h9-14,22-24H,2-8H2,1H3. The summed E-state index contributed by atoms with van der Waals surface area (Å²) in [5.74, 6) is -0.977. The Labute approximate surface area is 148 Å². The van der Waals surface area contributed by atoms with Gasteiger partial charge in [-0.3, -0.25) is 4.79 Å². The Balaban J connectivity index is 2.00. The molecule has 0 saturated heterocycles. The van der Waals surface area contributed by atoms with Gasteiger partial charge in [-0.05, 0) is 42.7 Å². The van der Waals surface area contributed by atoms with E-state index in [-0.39, 0.29) is 28.4 Å². The van der Waals surface area contributed by atoms with Crippen LogP contribution in [0.3, 0.4) is 0 Å². The first kappa shape index (κ1) is 18.8. The summed E-state index contributed by atoms with van der Waals surface area (Å²) < 4.78 is 0. The predicted molar refractivity (Wildman–Crippen MR) is 98.4 cm³/mol. The van der Waals surface area contributed by atoms with E-state index >= 15 is 0 Å². The summed E-state index contributed by atoms with van der Waals surface area (Å²) in [7, 11) is 0. The smallest absolute Gasteiger partial charge is 0.200 e. The molecule has 25 heavy (non-hydrogen) atoms. The van der Waals surface area contributed by atoms with E-state index in [4.69, 9.17) is 0 Å². The van der Waals surface area contributed by atoms with Gasteiger partial charge < -0.3 is 15.3 Å². The first-order valence-electron chi connectivity index (χ1n) is 8.91. The number of carbonyl (C=O) groups is 1. The average Bonchev–Trinajstić information content (AvgIpc) is 2.57. The molecule has 0 bridgehead atoms. The number of carbonyl (C=O) groups excluding carboxylic acids is 1. The van der Waals surface area contributed by atoms with Gasteiger partial charge in [-0.15, -0.1) is 0 Å². The molecule has 0 radical (unpaired) electrons. The lowest BCUT2D eigenvalue weighted by molar-refractivity contribution is 0.103. The number of phenolic OH excluding ortho intramolecular Hbond substituents is 3. The van der Waals surface area contributed by atoms with E-state index in [0.29, 0.717) is 0 Å². The van der Waals surface area contributed by atoms with Gasteiger partial charge in [0, 0.05) is 6.07 Å². The van der Waals surface area contributed by atoms with Crippen molar-refractivity contribution in [3.05, 3.63) is 53.1 Å². The number of hydrogen-bond acceptors (Lipinski definition) is 4. The fourth-order valence-electron chi connectivity index (χ4n) is 2.89. The largest absolute Gasteiger partial charge is 0.508 e. The third kappa shape index (κ3) is 5.24. The molecule has 0 aromatic heterocycles. The average molecular weight is 342 g/mol. The van der Waals surface area contributed by atoms with Crippen LogP contribution in [0.15, 0.2) is 36.4 Å². The lowest BCUT2D eigenvalue weighted by atomic mass is 9.98. The van der Waals surface area contributed by atoms with Gasteiger partial charge >= 0.3 is 0 Å². The highest BCUT2D eigenvalue weighted by atomic mass is 16.3. The summed E-state index contributed by atoms with van der Waals surface area (Å²) in [6, 6.07) is 8.84. The van der Waals surface area contributed by atoms with Gasteiger partial charge in [-0.2, -0.15) is 0 Å². The molecule has 0 aliphatic rings. The Morgan fingerprint density at radius 3 is 2.04 bits per heavy atom. The summed E-state index contributed by atoms with van der Waals surface area (Å²) in [5, 5.41) is 29.3. The molecule has 0 aliphatic heterocycles. The van der Waals surface area contributed by atoms with Crippen molar-refractivity contribution >= 4 is 5.78 Å². The van der Waals surface area contributed by atoms with Crippen LogP contribution in [0.1, 0.15) is 66.9 Å². The van der Waals surface area contributed by atoms with Gasteiger partial charge in [-0.25, -0.2) is 0 Å². The van der Waals surface area contributed by atoms with Gasteiger partial charge in [0.15, 0.2) is 5.78 Å². The van der Waals surface area contributed by atoms with Crippen molar-refractivity contribution in [2.75, 3.05) is 0 Å². The summed E-state index contributed by atoms with van der Waals surface area (Å²) in [5.41, 5.74) is 1.20. The van der Waals surface area contributed by atoms with E-state index < -0.39 is 5.78 Å². The van der Waals surface area contributed by atoms with E-state index in [1.165, 1.54) is 44.2 Å². The van der Waals surface area contributed by atoms with Crippen molar-refractivity contribution in [2.45, 2.75) is 51.9 Å². The van der Waals surface area contributed by atoms with Crippen LogP contribution in [0.5, 0.6) is 17.2 Å². The second kappa shape index (κ2) is 9.11. The highest BCUT2D eigenvalue weighted by Gasteiger charge is 2.17. The molecule has 4 nitrogen and oxygen atoms in total. The number of ketones is 1. The van der Waals surface area contributed by atoms with Crippen LogP contribution in [0.4, 0.5) is 0 Å². The van der Waals surface area contributed by atoms with Gasteiger partial charge in [0.1, 0.15) is 17.2 Å². The Kier molecular flexibility index (Phi) is 6.87. The summed E-state index contributed by atoms with van der Waals surface area (Å²) in [6.07, 6.45) is 8.13. The third-order valence-corrected chi connectivity index (χ3v) is 4.35. The van der Waals surface area contributed by atoms with Crippen molar-refractivity contribution in [3.8, 4) is 17.2 Å². The molecule has 3 N–H and O–H groups in total. The molecule has 2 aromatic carbocycles. The monoisotopic (exact) mass is 342 g/mol. The highest BCUT2D eigenvalue weighted by molar-refractivity contribution is 6.12. The molecule has 2 aromatic rings. The van der Waals surface area contributed by atoms with Crippen LogP contribution in [0.2, 0.25) is 0 Å².